The smallest absolute Gasteiger partial charge is 0.310 e. The van der Waals surface area contributed by atoms with Gasteiger partial charge in [0.15, 0.2) is 0 Å². The normalized spacial score (nSPS) is 30.4. The van der Waals surface area contributed by atoms with E-state index in [1.54, 1.807) is 12.1 Å². The maximum absolute atomic E-state index is 14.2. The van der Waals surface area contributed by atoms with E-state index in [1.165, 1.54) is 6.07 Å². The van der Waals surface area contributed by atoms with Gasteiger partial charge in [0.25, 0.3) is 0 Å². The number of amides is 1. The van der Waals surface area contributed by atoms with Crippen molar-refractivity contribution in [2.45, 2.75) is 32.2 Å². The number of nitrogens with one attached hydrogen (secondary N) is 2. The summed E-state index contributed by atoms with van der Waals surface area (Å²) in [4.78, 5) is 28.7. The largest absolute Gasteiger partial charge is 0.464 e. The van der Waals surface area contributed by atoms with E-state index in [0.29, 0.717) is 16.6 Å². The zero-order valence-corrected chi connectivity index (χ0v) is 19.8. The lowest BCUT2D eigenvalue weighted by molar-refractivity contribution is -0.156. The van der Waals surface area contributed by atoms with Gasteiger partial charge in [0, 0.05) is 49.3 Å². The van der Waals surface area contributed by atoms with Crippen LogP contribution in [0.25, 0.3) is 0 Å². The Morgan fingerprint density at radius 1 is 1.19 bits per heavy atom. The van der Waals surface area contributed by atoms with E-state index in [9.17, 15) is 14.0 Å². The van der Waals surface area contributed by atoms with E-state index in [0.717, 1.165) is 58.4 Å². The van der Waals surface area contributed by atoms with Gasteiger partial charge < -0.3 is 15.4 Å². The summed E-state index contributed by atoms with van der Waals surface area (Å²) < 4.78 is 20.6. The van der Waals surface area contributed by atoms with Gasteiger partial charge in [-0.1, -0.05) is 22.0 Å². The molecule has 1 heterocycles. The first kappa shape index (κ1) is 22.3. The average molecular weight is 508 g/mol. The van der Waals surface area contributed by atoms with Crippen LogP contribution in [0.1, 0.15) is 31.2 Å². The number of carbonyl (C=O) groups excluding carboxylic acids is 2. The molecule has 2 bridgehead atoms. The van der Waals surface area contributed by atoms with Gasteiger partial charge in [0.2, 0.25) is 5.91 Å². The maximum atomic E-state index is 14.2. The number of esters is 1. The van der Waals surface area contributed by atoms with Crippen molar-refractivity contribution in [2.75, 3.05) is 39.3 Å². The first-order valence-corrected chi connectivity index (χ1v) is 12.6. The monoisotopic (exact) mass is 507 g/mol. The van der Waals surface area contributed by atoms with E-state index in [-0.39, 0.29) is 53.3 Å². The van der Waals surface area contributed by atoms with Crippen molar-refractivity contribution in [3.05, 3.63) is 34.1 Å². The van der Waals surface area contributed by atoms with E-state index in [4.69, 9.17) is 4.74 Å². The lowest BCUT2D eigenvalue weighted by Gasteiger charge is -2.30. The van der Waals surface area contributed by atoms with Crippen LogP contribution in [-0.2, 0) is 20.9 Å². The van der Waals surface area contributed by atoms with Crippen LogP contribution in [0.4, 0.5) is 4.39 Å². The summed E-state index contributed by atoms with van der Waals surface area (Å²) in [5, 5.41) is 6.25. The van der Waals surface area contributed by atoms with Crippen molar-refractivity contribution in [1.29, 1.82) is 0 Å². The van der Waals surface area contributed by atoms with Crippen molar-refractivity contribution in [3.8, 4) is 0 Å². The summed E-state index contributed by atoms with van der Waals surface area (Å²) >= 11 is 3.26. The standard InChI is InChI=1S/C24H31BrFN3O3/c25-16-2-1-15(19(26)13-16)14-28-22(30)20-17-3-4-18(24(17)5-6-24)21(20)23(31)32-12-11-29-9-7-27-8-10-29/h1-2,13,17-18,20-21,27H,3-12,14H2,(H,28,30)/t17-,18+,20+,21+/m0/s1. The third-order valence-electron chi connectivity index (χ3n) is 8.25. The van der Waals surface area contributed by atoms with Crippen LogP contribution >= 0.6 is 15.9 Å². The van der Waals surface area contributed by atoms with Crippen molar-refractivity contribution in [3.63, 3.8) is 0 Å². The summed E-state index contributed by atoms with van der Waals surface area (Å²) in [6, 6.07) is 4.83. The number of piperazine rings is 1. The molecule has 0 radical (unpaired) electrons. The summed E-state index contributed by atoms with van der Waals surface area (Å²) in [6.07, 6.45) is 4.23. The molecule has 32 heavy (non-hydrogen) atoms. The SMILES string of the molecule is O=C(OCCN1CCNCC1)[C@H]1[C@H](C(=O)NCc2ccc(Br)cc2F)[C@@H]2CC[C@H]1C21CC1. The number of rotatable bonds is 7. The van der Waals surface area contributed by atoms with Gasteiger partial charge in [-0.3, -0.25) is 14.5 Å². The number of nitrogens with zero attached hydrogens (tertiary/aromatic N) is 1. The molecule has 8 heteroatoms. The lowest BCUT2D eigenvalue weighted by atomic mass is 9.78. The molecule has 0 aromatic heterocycles. The van der Waals surface area contributed by atoms with Gasteiger partial charge in [-0.25, -0.2) is 4.39 Å². The van der Waals surface area contributed by atoms with Crippen molar-refractivity contribution in [2.24, 2.45) is 29.1 Å². The van der Waals surface area contributed by atoms with Crippen molar-refractivity contribution < 1.29 is 18.7 Å². The zero-order chi connectivity index (χ0) is 22.3. The molecule has 4 atom stereocenters. The Kier molecular flexibility index (Phi) is 6.29. The van der Waals surface area contributed by atoms with Crippen LogP contribution in [0.5, 0.6) is 0 Å². The molecule has 4 aliphatic rings. The summed E-state index contributed by atoms with van der Waals surface area (Å²) in [5.41, 5.74) is 0.605. The quantitative estimate of drug-likeness (QED) is 0.555. The Balaban J connectivity index is 1.23. The highest BCUT2D eigenvalue weighted by atomic mass is 79.9. The van der Waals surface area contributed by atoms with E-state index < -0.39 is 0 Å². The van der Waals surface area contributed by atoms with Gasteiger partial charge in [-0.05, 0) is 55.1 Å². The van der Waals surface area contributed by atoms with Gasteiger partial charge in [0.05, 0.1) is 11.8 Å². The molecule has 1 amide bonds. The first-order chi connectivity index (χ1) is 15.5. The second kappa shape index (κ2) is 9.03. The predicted octanol–water partition coefficient (Wildman–Crippen LogP) is 2.71. The third-order valence-corrected chi connectivity index (χ3v) is 8.74. The first-order valence-electron chi connectivity index (χ1n) is 11.8. The fourth-order valence-corrected chi connectivity index (χ4v) is 6.93. The van der Waals surface area contributed by atoms with Gasteiger partial charge >= 0.3 is 5.97 Å². The minimum atomic E-state index is -0.367. The number of carbonyl (C=O) groups is 2. The molecule has 174 valence electrons. The van der Waals surface area contributed by atoms with Crippen molar-refractivity contribution in [1.82, 2.24) is 15.5 Å². The molecular formula is C24H31BrFN3O3. The molecule has 0 unspecified atom stereocenters. The molecule has 2 N–H and O–H groups in total. The second-order valence-electron chi connectivity index (χ2n) is 9.79. The van der Waals surface area contributed by atoms with Crippen LogP contribution in [0.3, 0.4) is 0 Å². The number of hydrogen-bond donors (Lipinski definition) is 2. The highest BCUT2D eigenvalue weighted by Gasteiger charge is 2.71. The highest BCUT2D eigenvalue weighted by molar-refractivity contribution is 9.10. The molecule has 1 aromatic carbocycles. The molecule has 3 aliphatic carbocycles. The van der Waals surface area contributed by atoms with E-state index in [2.05, 4.69) is 31.5 Å². The van der Waals surface area contributed by atoms with Crippen molar-refractivity contribution >= 4 is 27.8 Å². The number of benzene rings is 1. The Bertz CT molecular complexity index is 887. The molecular weight excluding hydrogens is 477 g/mol. The average Bonchev–Trinajstić information content (AvgIpc) is 3.45. The lowest BCUT2D eigenvalue weighted by Crippen LogP contribution is -2.45. The summed E-state index contributed by atoms with van der Waals surface area (Å²) in [5.74, 6) is -0.929. The fraction of sp³-hybridized carbons (Fsp3) is 0.667. The van der Waals surface area contributed by atoms with Gasteiger partial charge in [-0.15, -0.1) is 0 Å². The molecule has 5 rings (SSSR count). The molecule has 1 saturated heterocycles. The highest BCUT2D eigenvalue weighted by Crippen LogP contribution is 2.74. The van der Waals surface area contributed by atoms with Crippen LogP contribution < -0.4 is 10.6 Å². The van der Waals surface area contributed by atoms with Crippen LogP contribution in [0.2, 0.25) is 0 Å². The Morgan fingerprint density at radius 2 is 1.91 bits per heavy atom. The Labute approximate surface area is 196 Å². The number of ether oxygens (including phenoxy) is 1. The summed E-state index contributed by atoms with van der Waals surface area (Å²) in [7, 11) is 0. The predicted molar refractivity (Wildman–Crippen MR) is 121 cm³/mol. The van der Waals surface area contributed by atoms with Crippen LogP contribution in [0, 0.1) is 34.9 Å². The Morgan fingerprint density at radius 3 is 2.59 bits per heavy atom. The molecule has 6 nitrogen and oxygen atoms in total. The maximum Gasteiger partial charge on any atom is 0.310 e. The molecule has 1 spiro atoms. The van der Waals surface area contributed by atoms with Gasteiger partial charge in [0.1, 0.15) is 12.4 Å². The van der Waals surface area contributed by atoms with E-state index >= 15 is 0 Å². The minimum Gasteiger partial charge on any atom is -0.464 e. The van der Waals surface area contributed by atoms with Crippen LogP contribution in [-0.4, -0.2) is 56.1 Å². The van der Waals surface area contributed by atoms with E-state index in [1.807, 2.05) is 0 Å². The van der Waals surface area contributed by atoms with Gasteiger partial charge in [-0.2, -0.15) is 0 Å². The third kappa shape index (κ3) is 4.10. The Hall–Kier alpha value is -1.51. The molecule has 4 fully saturated rings. The zero-order valence-electron chi connectivity index (χ0n) is 18.2. The molecule has 1 aliphatic heterocycles. The topological polar surface area (TPSA) is 70.7 Å². The minimum absolute atomic E-state index is 0.129. The second-order valence-corrected chi connectivity index (χ2v) is 10.7. The number of halogens is 2. The fourth-order valence-electron chi connectivity index (χ4n) is 6.60. The van der Waals surface area contributed by atoms with Crippen LogP contribution in [0.15, 0.2) is 22.7 Å². The summed E-state index contributed by atoms with van der Waals surface area (Å²) in [6.45, 7) is 5.09. The molecule has 1 aromatic rings. The number of hydrogen-bond acceptors (Lipinski definition) is 5. The molecule has 3 saturated carbocycles.